The van der Waals surface area contributed by atoms with Crippen LogP contribution in [0.2, 0.25) is 0 Å². The van der Waals surface area contributed by atoms with Gasteiger partial charge in [-0.2, -0.15) is 5.10 Å². The summed E-state index contributed by atoms with van der Waals surface area (Å²) in [6, 6.07) is 29.2. The predicted octanol–water partition coefficient (Wildman–Crippen LogP) is 8.13. The number of amides is 3. The summed E-state index contributed by atoms with van der Waals surface area (Å²) in [5.41, 5.74) is 3.83. The number of urea groups is 1. The highest BCUT2D eigenvalue weighted by Gasteiger charge is 2.22. The molecule has 6 rings (SSSR count). The van der Waals surface area contributed by atoms with Crippen molar-refractivity contribution in [3.63, 3.8) is 0 Å². The molecule has 0 saturated heterocycles. The molecule has 3 heterocycles. The third kappa shape index (κ3) is 6.81. The summed E-state index contributed by atoms with van der Waals surface area (Å²) in [6.07, 6.45) is 3.28. The van der Waals surface area contributed by atoms with Crippen molar-refractivity contribution in [3.8, 4) is 17.2 Å². The average Bonchev–Trinajstić information content (AvgIpc) is 3.50. The van der Waals surface area contributed by atoms with Gasteiger partial charge in [0.15, 0.2) is 0 Å². The first-order chi connectivity index (χ1) is 22.6. The molecule has 47 heavy (non-hydrogen) atoms. The lowest BCUT2D eigenvalue weighted by molar-refractivity contribution is 0.0988. The van der Waals surface area contributed by atoms with Crippen LogP contribution < -0.4 is 20.3 Å². The molecule has 0 aliphatic rings. The van der Waals surface area contributed by atoms with E-state index in [4.69, 9.17) is 9.84 Å². The van der Waals surface area contributed by atoms with Gasteiger partial charge in [0.25, 0.3) is 5.91 Å². The number of carbonyl (C=O) groups is 2. The Labute approximate surface area is 273 Å². The highest BCUT2D eigenvalue weighted by molar-refractivity contribution is 6.07. The number of benzene rings is 3. The number of anilines is 3. The van der Waals surface area contributed by atoms with Crippen LogP contribution in [0.1, 0.15) is 42.6 Å². The zero-order valence-electron chi connectivity index (χ0n) is 26.9. The molecule has 0 fully saturated rings. The average molecular weight is 626 g/mol. The molecule has 3 aromatic heterocycles. The van der Waals surface area contributed by atoms with Crippen molar-refractivity contribution >= 4 is 39.9 Å². The number of carbonyl (C=O) groups excluding carboxylic acids is 2. The molecule has 10 heteroatoms. The molecule has 2 N–H and O–H groups in total. The number of aromatic nitrogens is 4. The molecule has 0 spiro atoms. The normalized spacial score (nSPS) is 11.3. The zero-order valence-corrected chi connectivity index (χ0v) is 26.9. The van der Waals surface area contributed by atoms with Crippen LogP contribution in [-0.2, 0) is 5.41 Å². The van der Waals surface area contributed by atoms with Crippen molar-refractivity contribution in [2.75, 3.05) is 22.6 Å². The lowest BCUT2D eigenvalue weighted by Crippen LogP contribution is -2.26. The Bertz CT molecular complexity index is 2070. The van der Waals surface area contributed by atoms with Crippen LogP contribution in [0.3, 0.4) is 0 Å². The minimum atomic E-state index is -0.426. The van der Waals surface area contributed by atoms with Gasteiger partial charge in [-0.25, -0.2) is 9.48 Å². The van der Waals surface area contributed by atoms with Gasteiger partial charge in [-0.1, -0.05) is 63.2 Å². The van der Waals surface area contributed by atoms with Crippen LogP contribution in [0, 0.1) is 6.92 Å². The van der Waals surface area contributed by atoms with Gasteiger partial charge in [0, 0.05) is 52.9 Å². The van der Waals surface area contributed by atoms with Gasteiger partial charge in [-0.05, 0) is 49.4 Å². The molecular formula is C37H35N7O3. The van der Waals surface area contributed by atoms with Gasteiger partial charge in [0.1, 0.15) is 23.0 Å². The lowest BCUT2D eigenvalue weighted by atomic mass is 9.92. The molecule has 0 unspecified atom stereocenters. The fraction of sp³-hybridized carbons (Fsp3) is 0.162. The highest BCUT2D eigenvalue weighted by Crippen LogP contribution is 2.35. The van der Waals surface area contributed by atoms with Gasteiger partial charge in [-0.3, -0.25) is 20.1 Å². The zero-order chi connectivity index (χ0) is 33.1. The summed E-state index contributed by atoms with van der Waals surface area (Å²) >= 11 is 0. The standard InChI is InChI=1S/C37H35N7O3/c1-24-15-16-26(23-39-24)44-34(22-33(42-44)37(2,3)4)41-36(46)40-30-17-18-32(29-14-10-9-13-28(29)30)47-27-19-20-38-31(21-27)35(45)43(5)25-11-7-6-8-12-25/h6-23H,1-5H3,(H2,40,41,46). The first kappa shape index (κ1) is 31.0. The largest absolute Gasteiger partial charge is 0.457 e. The summed E-state index contributed by atoms with van der Waals surface area (Å²) in [7, 11) is 1.71. The fourth-order valence-electron chi connectivity index (χ4n) is 5.02. The van der Waals surface area contributed by atoms with E-state index >= 15 is 0 Å². The molecule has 6 aromatic rings. The van der Waals surface area contributed by atoms with Gasteiger partial charge in [0.2, 0.25) is 0 Å². The van der Waals surface area contributed by atoms with E-state index in [1.807, 2.05) is 79.7 Å². The fourth-order valence-corrected chi connectivity index (χ4v) is 5.02. The van der Waals surface area contributed by atoms with E-state index in [0.717, 1.165) is 33.5 Å². The molecule has 0 bridgehead atoms. The Morgan fingerprint density at radius 1 is 0.830 bits per heavy atom. The quantitative estimate of drug-likeness (QED) is 0.185. The second kappa shape index (κ2) is 12.8. The number of ether oxygens (including phenoxy) is 1. The molecule has 3 amide bonds. The van der Waals surface area contributed by atoms with Crippen molar-refractivity contribution in [2.45, 2.75) is 33.1 Å². The molecule has 0 aliphatic heterocycles. The van der Waals surface area contributed by atoms with Crippen molar-refractivity contribution in [1.82, 2.24) is 19.7 Å². The van der Waals surface area contributed by atoms with E-state index < -0.39 is 6.03 Å². The van der Waals surface area contributed by atoms with Crippen LogP contribution in [0.5, 0.6) is 11.5 Å². The van der Waals surface area contributed by atoms with Gasteiger partial charge >= 0.3 is 6.03 Å². The van der Waals surface area contributed by atoms with Crippen LogP contribution in [0.15, 0.2) is 109 Å². The van der Waals surface area contributed by atoms with E-state index in [1.54, 1.807) is 53.3 Å². The number of hydrogen-bond acceptors (Lipinski definition) is 6. The highest BCUT2D eigenvalue weighted by atomic mass is 16.5. The molecular weight excluding hydrogens is 590 g/mol. The summed E-state index contributed by atoms with van der Waals surface area (Å²) in [4.78, 5) is 36.8. The van der Waals surface area contributed by atoms with Gasteiger partial charge < -0.3 is 15.0 Å². The Morgan fingerprint density at radius 3 is 2.30 bits per heavy atom. The van der Waals surface area contributed by atoms with Crippen LogP contribution in [0.4, 0.5) is 22.0 Å². The van der Waals surface area contributed by atoms with Crippen molar-refractivity contribution < 1.29 is 14.3 Å². The first-order valence-corrected chi connectivity index (χ1v) is 15.2. The van der Waals surface area contributed by atoms with Crippen LogP contribution >= 0.6 is 0 Å². The second-order valence-electron chi connectivity index (χ2n) is 12.1. The molecule has 10 nitrogen and oxygen atoms in total. The molecule has 0 radical (unpaired) electrons. The monoisotopic (exact) mass is 625 g/mol. The van der Waals surface area contributed by atoms with Crippen LogP contribution in [0.25, 0.3) is 16.5 Å². The second-order valence-corrected chi connectivity index (χ2v) is 12.1. The lowest BCUT2D eigenvalue weighted by Gasteiger charge is -2.17. The van der Waals surface area contributed by atoms with Gasteiger partial charge in [-0.15, -0.1) is 0 Å². The minimum absolute atomic E-state index is 0.233. The first-order valence-electron chi connectivity index (χ1n) is 15.2. The molecule has 0 saturated carbocycles. The number of hydrogen-bond donors (Lipinski definition) is 2. The Kier molecular flexibility index (Phi) is 8.41. The van der Waals surface area contributed by atoms with Crippen molar-refractivity contribution in [3.05, 3.63) is 127 Å². The Morgan fingerprint density at radius 2 is 1.57 bits per heavy atom. The molecule has 0 atom stereocenters. The van der Waals surface area contributed by atoms with E-state index in [2.05, 4.69) is 41.4 Å². The topological polar surface area (TPSA) is 114 Å². The number of nitrogens with zero attached hydrogens (tertiary/aromatic N) is 5. The number of pyridine rings is 2. The van der Waals surface area contributed by atoms with E-state index in [0.29, 0.717) is 23.0 Å². The van der Waals surface area contributed by atoms with Crippen molar-refractivity contribution in [2.24, 2.45) is 0 Å². The van der Waals surface area contributed by atoms with Crippen molar-refractivity contribution in [1.29, 1.82) is 0 Å². The number of rotatable bonds is 7. The summed E-state index contributed by atoms with van der Waals surface area (Å²) in [5, 5.41) is 12.3. The number of fused-ring (bicyclic) bond motifs is 1. The number of nitrogens with one attached hydrogen (secondary N) is 2. The maximum absolute atomic E-state index is 13.4. The minimum Gasteiger partial charge on any atom is -0.457 e. The van der Waals surface area contributed by atoms with Gasteiger partial charge in [0.05, 0.1) is 23.3 Å². The Balaban J connectivity index is 1.23. The maximum atomic E-state index is 13.4. The third-order valence-electron chi connectivity index (χ3n) is 7.62. The SMILES string of the molecule is Cc1ccc(-n2nc(C(C)(C)C)cc2NC(=O)Nc2ccc(Oc3ccnc(C(=O)N(C)c4ccccc4)c3)c3ccccc23)cn1. The summed E-state index contributed by atoms with van der Waals surface area (Å²) in [6.45, 7) is 8.13. The van der Waals surface area contributed by atoms with E-state index in [1.165, 1.54) is 0 Å². The van der Waals surface area contributed by atoms with E-state index in [-0.39, 0.29) is 17.0 Å². The number of para-hydroxylation sites is 1. The summed E-state index contributed by atoms with van der Waals surface area (Å²) < 4.78 is 7.96. The predicted molar refractivity (Wildman–Crippen MR) is 185 cm³/mol. The van der Waals surface area contributed by atoms with E-state index in [9.17, 15) is 9.59 Å². The third-order valence-corrected chi connectivity index (χ3v) is 7.62. The molecule has 236 valence electrons. The Hall–Kier alpha value is -6.03. The molecule has 0 aliphatic carbocycles. The van der Waals surface area contributed by atoms with Crippen LogP contribution in [-0.4, -0.2) is 38.7 Å². The number of aryl methyl sites for hydroxylation is 1. The summed E-state index contributed by atoms with van der Waals surface area (Å²) in [5.74, 6) is 1.28. The molecule has 3 aromatic carbocycles. The smallest absolute Gasteiger partial charge is 0.324 e. The maximum Gasteiger partial charge on any atom is 0.324 e.